The highest BCUT2D eigenvalue weighted by atomic mass is 19.2. The number of hydrogen-bond acceptors (Lipinski definition) is 3. The molecule has 0 saturated heterocycles. The molecule has 6 heteroatoms. The van der Waals surface area contributed by atoms with Crippen LogP contribution < -0.4 is 10.1 Å². The fourth-order valence-corrected chi connectivity index (χ4v) is 1.64. The van der Waals surface area contributed by atoms with Crippen molar-refractivity contribution in [3.63, 3.8) is 0 Å². The molecule has 1 N–H and O–H groups in total. The van der Waals surface area contributed by atoms with Gasteiger partial charge in [0.15, 0.2) is 17.5 Å². The van der Waals surface area contributed by atoms with Crippen LogP contribution >= 0.6 is 0 Å². The highest BCUT2D eigenvalue weighted by molar-refractivity contribution is 5.31. The lowest BCUT2D eigenvalue weighted by Crippen LogP contribution is -2.22. The van der Waals surface area contributed by atoms with Crippen LogP contribution in [0.4, 0.5) is 13.2 Å². The molecule has 2 aromatic rings. The lowest BCUT2D eigenvalue weighted by Gasteiger charge is -2.11. The number of benzene rings is 1. The second-order valence-corrected chi connectivity index (χ2v) is 4.80. The van der Waals surface area contributed by atoms with E-state index in [1.165, 1.54) is 18.3 Å². The van der Waals surface area contributed by atoms with Gasteiger partial charge < -0.3 is 10.1 Å². The molecule has 0 aliphatic carbocycles. The quantitative estimate of drug-likeness (QED) is 0.911. The first-order valence-corrected chi connectivity index (χ1v) is 6.47. The largest absolute Gasteiger partial charge is 0.436 e. The number of pyridine rings is 1. The van der Waals surface area contributed by atoms with Gasteiger partial charge in [0, 0.05) is 30.4 Å². The van der Waals surface area contributed by atoms with Crippen molar-refractivity contribution in [2.45, 2.75) is 26.4 Å². The summed E-state index contributed by atoms with van der Waals surface area (Å²) >= 11 is 0. The van der Waals surface area contributed by atoms with Crippen molar-refractivity contribution >= 4 is 0 Å². The van der Waals surface area contributed by atoms with Crippen LogP contribution in [-0.4, -0.2) is 11.0 Å². The molecule has 0 atom stereocenters. The van der Waals surface area contributed by atoms with Crippen LogP contribution in [0, 0.1) is 17.5 Å². The zero-order chi connectivity index (χ0) is 15.4. The summed E-state index contributed by atoms with van der Waals surface area (Å²) in [7, 11) is 0. The molecule has 0 aliphatic rings. The minimum absolute atomic E-state index is 0.0192. The van der Waals surface area contributed by atoms with Crippen LogP contribution in [0.5, 0.6) is 11.6 Å². The van der Waals surface area contributed by atoms with E-state index in [0.29, 0.717) is 12.1 Å². The van der Waals surface area contributed by atoms with Crippen molar-refractivity contribution in [3.8, 4) is 11.6 Å². The van der Waals surface area contributed by atoms with E-state index in [4.69, 9.17) is 4.74 Å². The summed E-state index contributed by atoms with van der Waals surface area (Å²) in [5.74, 6) is -2.98. The van der Waals surface area contributed by atoms with Gasteiger partial charge in [-0.1, -0.05) is 13.8 Å². The van der Waals surface area contributed by atoms with Gasteiger partial charge in [0.2, 0.25) is 0 Å². The Morgan fingerprint density at radius 3 is 2.57 bits per heavy atom. The Bertz CT molecular complexity index is 632. The fourth-order valence-electron chi connectivity index (χ4n) is 1.64. The molecule has 0 amide bonds. The summed E-state index contributed by atoms with van der Waals surface area (Å²) in [6, 6.07) is 4.69. The topological polar surface area (TPSA) is 34.2 Å². The van der Waals surface area contributed by atoms with Gasteiger partial charge in [-0.2, -0.15) is 0 Å². The van der Waals surface area contributed by atoms with Gasteiger partial charge in [-0.05, 0) is 18.2 Å². The summed E-state index contributed by atoms with van der Waals surface area (Å²) < 4.78 is 45.3. The van der Waals surface area contributed by atoms with E-state index >= 15 is 0 Å². The number of rotatable bonds is 5. The first-order chi connectivity index (χ1) is 9.97. The van der Waals surface area contributed by atoms with Crippen molar-refractivity contribution in [2.24, 2.45) is 0 Å². The van der Waals surface area contributed by atoms with E-state index in [2.05, 4.69) is 10.3 Å². The number of ether oxygens (including phenoxy) is 1. The van der Waals surface area contributed by atoms with Crippen LogP contribution in [-0.2, 0) is 6.54 Å². The van der Waals surface area contributed by atoms with Crippen LogP contribution in [0.25, 0.3) is 0 Å². The average molecular weight is 296 g/mol. The predicted molar refractivity (Wildman–Crippen MR) is 72.6 cm³/mol. The van der Waals surface area contributed by atoms with Crippen molar-refractivity contribution in [3.05, 3.63) is 53.5 Å². The number of aromatic nitrogens is 1. The molecule has 0 unspecified atom stereocenters. The molecule has 3 nitrogen and oxygen atoms in total. The van der Waals surface area contributed by atoms with E-state index in [0.717, 1.165) is 12.1 Å². The smallest absolute Gasteiger partial charge is 0.256 e. The molecule has 0 fully saturated rings. The Kier molecular flexibility index (Phi) is 4.80. The maximum atomic E-state index is 14.2. The number of nitrogens with one attached hydrogen (secondary N) is 1. The number of halogens is 3. The van der Waals surface area contributed by atoms with Crippen LogP contribution in [0.3, 0.4) is 0 Å². The van der Waals surface area contributed by atoms with E-state index in [-0.39, 0.29) is 17.7 Å². The third kappa shape index (κ3) is 3.95. The lowest BCUT2D eigenvalue weighted by atomic mass is 10.2. The predicted octanol–water partition coefficient (Wildman–Crippen LogP) is 3.79. The molecular formula is C15H15F3N2O. The third-order valence-corrected chi connectivity index (χ3v) is 2.74. The summed E-state index contributed by atoms with van der Waals surface area (Å²) in [6.45, 7) is 4.20. The first-order valence-electron chi connectivity index (χ1n) is 6.47. The van der Waals surface area contributed by atoms with E-state index in [1.54, 1.807) is 0 Å². The number of nitrogens with zero attached hydrogens (tertiary/aromatic N) is 1. The van der Waals surface area contributed by atoms with Gasteiger partial charge in [0.25, 0.3) is 5.88 Å². The van der Waals surface area contributed by atoms with Gasteiger partial charge in [-0.25, -0.2) is 18.2 Å². The van der Waals surface area contributed by atoms with Gasteiger partial charge in [0.1, 0.15) is 5.75 Å². The maximum Gasteiger partial charge on any atom is 0.256 e. The van der Waals surface area contributed by atoms with Crippen molar-refractivity contribution < 1.29 is 17.9 Å². The molecule has 0 saturated carbocycles. The van der Waals surface area contributed by atoms with Gasteiger partial charge in [0.05, 0.1) is 0 Å². The highest BCUT2D eigenvalue weighted by Gasteiger charge is 2.13. The standard InChI is InChI=1S/C15H15F3N2O/c1-9(2)20-8-10-5-6-19-15(14(10)18)21-11-3-4-12(16)13(17)7-11/h3-7,9,20H,8H2,1-2H3. The van der Waals surface area contributed by atoms with Crippen LogP contribution in [0.15, 0.2) is 30.5 Å². The minimum Gasteiger partial charge on any atom is -0.436 e. The Labute approximate surface area is 120 Å². The minimum atomic E-state index is -1.06. The molecule has 112 valence electrons. The molecule has 0 bridgehead atoms. The normalized spacial score (nSPS) is 11.0. The van der Waals surface area contributed by atoms with Crippen LogP contribution in [0.1, 0.15) is 19.4 Å². The van der Waals surface area contributed by atoms with Gasteiger partial charge in [-0.15, -0.1) is 0 Å². The molecule has 1 aromatic heterocycles. The first kappa shape index (κ1) is 15.3. The molecular weight excluding hydrogens is 281 g/mol. The van der Waals surface area contributed by atoms with Crippen molar-refractivity contribution in [1.29, 1.82) is 0 Å². The summed E-state index contributed by atoms with van der Waals surface area (Å²) in [5.41, 5.74) is 0.385. The van der Waals surface area contributed by atoms with Crippen molar-refractivity contribution in [1.82, 2.24) is 10.3 Å². The molecule has 0 radical (unpaired) electrons. The summed E-state index contributed by atoms with van der Waals surface area (Å²) in [5, 5.41) is 3.08. The molecule has 1 heterocycles. The summed E-state index contributed by atoms with van der Waals surface area (Å²) in [6.07, 6.45) is 1.40. The molecule has 1 aromatic carbocycles. The molecule has 21 heavy (non-hydrogen) atoms. The van der Waals surface area contributed by atoms with Crippen LogP contribution in [0.2, 0.25) is 0 Å². The van der Waals surface area contributed by atoms with E-state index in [1.807, 2.05) is 13.8 Å². The second-order valence-electron chi connectivity index (χ2n) is 4.80. The van der Waals surface area contributed by atoms with Crippen molar-refractivity contribution in [2.75, 3.05) is 0 Å². The highest BCUT2D eigenvalue weighted by Crippen LogP contribution is 2.25. The fraction of sp³-hybridized carbons (Fsp3) is 0.267. The third-order valence-electron chi connectivity index (χ3n) is 2.74. The second kappa shape index (κ2) is 6.58. The Morgan fingerprint density at radius 2 is 1.90 bits per heavy atom. The maximum absolute atomic E-state index is 14.2. The van der Waals surface area contributed by atoms with Gasteiger partial charge >= 0.3 is 0 Å². The average Bonchev–Trinajstić information content (AvgIpc) is 2.43. The monoisotopic (exact) mass is 296 g/mol. The van der Waals surface area contributed by atoms with Gasteiger partial charge in [-0.3, -0.25) is 0 Å². The Balaban J connectivity index is 2.19. The lowest BCUT2D eigenvalue weighted by molar-refractivity contribution is 0.409. The molecule has 0 spiro atoms. The zero-order valence-electron chi connectivity index (χ0n) is 11.7. The van der Waals surface area contributed by atoms with E-state index < -0.39 is 17.5 Å². The Hall–Kier alpha value is -2.08. The molecule has 2 rings (SSSR count). The Morgan fingerprint density at radius 1 is 1.14 bits per heavy atom. The van der Waals surface area contributed by atoms with E-state index in [9.17, 15) is 13.2 Å². The SMILES string of the molecule is CC(C)NCc1ccnc(Oc2ccc(F)c(F)c2)c1F. The summed E-state index contributed by atoms with van der Waals surface area (Å²) in [4.78, 5) is 3.77. The molecule has 0 aliphatic heterocycles. The zero-order valence-corrected chi connectivity index (χ0v) is 11.7. The number of hydrogen-bond donors (Lipinski definition) is 1.